The molecule has 2 atom stereocenters. The number of benzene rings is 1. The zero-order valence-electron chi connectivity index (χ0n) is 11.2. The van der Waals surface area contributed by atoms with Crippen molar-refractivity contribution in [2.45, 2.75) is 38.3 Å². The molecule has 2 aromatic rings. The molecule has 102 valence electrons. The van der Waals surface area contributed by atoms with Gasteiger partial charge in [0.2, 0.25) is 0 Å². The molecule has 3 N–H and O–H groups in total. The van der Waals surface area contributed by atoms with E-state index in [1.54, 1.807) is 0 Å². The molecule has 4 heteroatoms. The van der Waals surface area contributed by atoms with Crippen LogP contribution in [-0.2, 0) is 4.74 Å². The molecule has 2 heterocycles. The Balaban J connectivity index is 1.86. The maximum absolute atomic E-state index is 5.96. The van der Waals surface area contributed by atoms with Crippen LogP contribution >= 0.6 is 0 Å². The van der Waals surface area contributed by atoms with Crippen LogP contribution < -0.4 is 11.3 Å². The number of furan rings is 1. The van der Waals surface area contributed by atoms with Gasteiger partial charge in [0.15, 0.2) is 0 Å². The van der Waals surface area contributed by atoms with Gasteiger partial charge in [-0.05, 0) is 37.8 Å². The first kappa shape index (κ1) is 12.7. The molecule has 0 aliphatic carbocycles. The lowest BCUT2D eigenvalue weighted by Gasteiger charge is -2.17. The van der Waals surface area contributed by atoms with E-state index in [4.69, 9.17) is 15.0 Å². The summed E-state index contributed by atoms with van der Waals surface area (Å²) >= 11 is 0. The summed E-state index contributed by atoms with van der Waals surface area (Å²) in [6.07, 6.45) is 3.39. The number of ether oxygens (including phenoxy) is 1. The third-order valence-electron chi connectivity index (χ3n) is 3.83. The maximum Gasteiger partial charge on any atom is 0.137 e. The lowest BCUT2D eigenvalue weighted by atomic mass is 10.0. The number of nitrogens with one attached hydrogen (secondary N) is 1. The van der Waals surface area contributed by atoms with E-state index in [2.05, 4.69) is 30.5 Å². The Morgan fingerprint density at radius 2 is 2.37 bits per heavy atom. The average molecular weight is 260 g/mol. The molecule has 0 radical (unpaired) electrons. The monoisotopic (exact) mass is 260 g/mol. The van der Waals surface area contributed by atoms with E-state index in [0.29, 0.717) is 0 Å². The van der Waals surface area contributed by atoms with Crippen LogP contribution in [0.25, 0.3) is 11.0 Å². The van der Waals surface area contributed by atoms with Gasteiger partial charge in [-0.3, -0.25) is 5.84 Å². The second-order valence-corrected chi connectivity index (χ2v) is 5.23. The smallest absolute Gasteiger partial charge is 0.137 e. The van der Waals surface area contributed by atoms with Gasteiger partial charge >= 0.3 is 0 Å². The quantitative estimate of drug-likeness (QED) is 0.655. The fraction of sp³-hybridized carbons (Fsp3) is 0.467. The van der Waals surface area contributed by atoms with Crippen molar-refractivity contribution in [1.82, 2.24) is 5.43 Å². The number of para-hydroxylation sites is 1. The largest absolute Gasteiger partial charge is 0.459 e. The Morgan fingerprint density at radius 1 is 1.47 bits per heavy atom. The maximum atomic E-state index is 5.96. The third kappa shape index (κ3) is 2.52. The van der Waals surface area contributed by atoms with Crippen LogP contribution in [-0.4, -0.2) is 12.7 Å². The van der Waals surface area contributed by atoms with E-state index < -0.39 is 0 Å². The standard InChI is InChI=1S/C15H20N2O2/c1-10-4-2-5-11-8-14(19-15(10)11)13(17-16)9-12-6-3-7-18-12/h2,4-5,8,12-13,17H,3,6-7,9,16H2,1H3. The summed E-state index contributed by atoms with van der Waals surface area (Å²) in [6.45, 7) is 2.92. The molecule has 4 nitrogen and oxygen atoms in total. The lowest BCUT2D eigenvalue weighted by Crippen LogP contribution is -2.30. The van der Waals surface area contributed by atoms with E-state index in [0.717, 1.165) is 48.2 Å². The van der Waals surface area contributed by atoms with Gasteiger partial charge in [-0.15, -0.1) is 0 Å². The average Bonchev–Trinajstić information content (AvgIpc) is 3.05. The van der Waals surface area contributed by atoms with Crippen LogP contribution in [0.4, 0.5) is 0 Å². The molecule has 1 aromatic carbocycles. The Hall–Kier alpha value is -1.36. The molecule has 0 bridgehead atoms. The summed E-state index contributed by atoms with van der Waals surface area (Å²) in [7, 11) is 0. The van der Waals surface area contributed by atoms with Crippen molar-refractivity contribution < 1.29 is 9.15 Å². The van der Waals surface area contributed by atoms with Crippen molar-refractivity contribution in [1.29, 1.82) is 0 Å². The minimum absolute atomic E-state index is 0.00917. The molecule has 1 aromatic heterocycles. The molecule has 0 amide bonds. The minimum Gasteiger partial charge on any atom is -0.459 e. The second-order valence-electron chi connectivity index (χ2n) is 5.23. The van der Waals surface area contributed by atoms with Crippen molar-refractivity contribution in [3.63, 3.8) is 0 Å². The SMILES string of the molecule is Cc1cccc2cc(C(CC3CCCO3)NN)oc12. The number of hydrogen-bond acceptors (Lipinski definition) is 4. The number of fused-ring (bicyclic) bond motifs is 1. The van der Waals surface area contributed by atoms with E-state index in [1.165, 1.54) is 0 Å². The van der Waals surface area contributed by atoms with E-state index in [1.807, 2.05) is 6.07 Å². The van der Waals surface area contributed by atoms with E-state index in [9.17, 15) is 0 Å². The van der Waals surface area contributed by atoms with Crippen molar-refractivity contribution in [3.05, 3.63) is 35.6 Å². The highest BCUT2D eigenvalue weighted by molar-refractivity contribution is 5.80. The van der Waals surface area contributed by atoms with Crippen molar-refractivity contribution >= 4 is 11.0 Å². The minimum atomic E-state index is 0.00917. The first-order chi connectivity index (χ1) is 9.28. The van der Waals surface area contributed by atoms with Crippen LogP contribution in [0.3, 0.4) is 0 Å². The summed E-state index contributed by atoms with van der Waals surface area (Å²) in [5, 5.41) is 1.13. The zero-order valence-corrected chi connectivity index (χ0v) is 11.2. The van der Waals surface area contributed by atoms with Crippen LogP contribution in [0.1, 0.15) is 36.6 Å². The molecular weight excluding hydrogens is 240 g/mol. The van der Waals surface area contributed by atoms with Crippen molar-refractivity contribution in [2.75, 3.05) is 6.61 Å². The van der Waals surface area contributed by atoms with Gasteiger partial charge in [-0.2, -0.15) is 0 Å². The van der Waals surface area contributed by atoms with Crippen LogP contribution in [0, 0.1) is 6.92 Å². The predicted octanol–water partition coefficient (Wildman–Crippen LogP) is 2.81. The molecule has 1 aliphatic rings. The number of rotatable bonds is 4. The molecule has 0 saturated carbocycles. The molecular formula is C15H20N2O2. The Bertz CT molecular complexity index is 558. The molecule has 1 aliphatic heterocycles. The van der Waals surface area contributed by atoms with Crippen LogP contribution in [0.5, 0.6) is 0 Å². The Labute approximate surface area is 112 Å². The highest BCUT2D eigenvalue weighted by atomic mass is 16.5. The molecule has 19 heavy (non-hydrogen) atoms. The van der Waals surface area contributed by atoms with E-state index in [-0.39, 0.29) is 12.1 Å². The van der Waals surface area contributed by atoms with Crippen molar-refractivity contribution in [3.8, 4) is 0 Å². The third-order valence-corrected chi connectivity index (χ3v) is 3.83. The van der Waals surface area contributed by atoms with Crippen LogP contribution in [0.15, 0.2) is 28.7 Å². The Morgan fingerprint density at radius 3 is 3.05 bits per heavy atom. The Kier molecular flexibility index (Phi) is 3.55. The van der Waals surface area contributed by atoms with Crippen LogP contribution in [0.2, 0.25) is 0 Å². The van der Waals surface area contributed by atoms with Gasteiger partial charge in [0.1, 0.15) is 11.3 Å². The zero-order chi connectivity index (χ0) is 13.2. The molecule has 1 fully saturated rings. The predicted molar refractivity (Wildman–Crippen MR) is 74.6 cm³/mol. The van der Waals surface area contributed by atoms with Gasteiger partial charge in [-0.25, -0.2) is 5.43 Å². The number of aryl methyl sites for hydroxylation is 1. The summed E-state index contributed by atoms with van der Waals surface area (Å²) in [4.78, 5) is 0. The highest BCUT2D eigenvalue weighted by Gasteiger charge is 2.23. The summed E-state index contributed by atoms with van der Waals surface area (Å²) in [5.74, 6) is 6.57. The highest BCUT2D eigenvalue weighted by Crippen LogP contribution is 2.30. The van der Waals surface area contributed by atoms with Gasteiger partial charge in [-0.1, -0.05) is 18.2 Å². The van der Waals surface area contributed by atoms with Gasteiger partial charge < -0.3 is 9.15 Å². The van der Waals surface area contributed by atoms with Gasteiger partial charge in [0, 0.05) is 12.0 Å². The fourth-order valence-electron chi connectivity index (χ4n) is 2.76. The summed E-state index contributed by atoms with van der Waals surface area (Å²) in [6, 6.07) is 8.24. The van der Waals surface area contributed by atoms with Crippen molar-refractivity contribution in [2.24, 2.45) is 5.84 Å². The second kappa shape index (κ2) is 5.33. The number of nitrogens with two attached hydrogens (primary N) is 1. The number of hydrazine groups is 1. The van der Waals surface area contributed by atoms with Gasteiger partial charge in [0.25, 0.3) is 0 Å². The van der Waals surface area contributed by atoms with E-state index >= 15 is 0 Å². The summed E-state index contributed by atoms with van der Waals surface area (Å²) < 4.78 is 11.6. The van der Waals surface area contributed by atoms with Gasteiger partial charge in [0.05, 0.1) is 12.1 Å². The first-order valence-electron chi connectivity index (χ1n) is 6.84. The topological polar surface area (TPSA) is 60.4 Å². The lowest BCUT2D eigenvalue weighted by molar-refractivity contribution is 0.0922. The molecule has 0 spiro atoms. The fourth-order valence-corrected chi connectivity index (χ4v) is 2.76. The molecule has 3 rings (SSSR count). The normalized spacial score (nSPS) is 21.1. The molecule has 1 saturated heterocycles. The molecule has 2 unspecified atom stereocenters. The summed E-state index contributed by atoms with van der Waals surface area (Å²) in [5.41, 5.74) is 4.95. The first-order valence-corrected chi connectivity index (χ1v) is 6.84. The number of hydrogen-bond donors (Lipinski definition) is 2.